The van der Waals surface area contributed by atoms with Gasteiger partial charge in [-0.1, -0.05) is 54.6 Å². The Bertz CT molecular complexity index is 508. The van der Waals surface area contributed by atoms with Gasteiger partial charge in [-0.15, -0.1) is 6.58 Å². The van der Waals surface area contributed by atoms with Gasteiger partial charge in [0.1, 0.15) is 0 Å². The first-order valence-corrected chi connectivity index (χ1v) is 6.70. The molecule has 0 aliphatic rings. The first kappa shape index (κ1) is 13.6. The number of allylic oxidation sites excluding steroid dienone is 1. The zero-order valence-corrected chi connectivity index (χ0v) is 11.4. The van der Waals surface area contributed by atoms with Crippen molar-refractivity contribution in [3.05, 3.63) is 72.3 Å². The number of hydrogen-bond acceptors (Lipinski definition) is 1. The van der Waals surface area contributed by atoms with Gasteiger partial charge in [0.15, 0.2) is 0 Å². The Morgan fingerprint density at radius 2 is 1.42 bits per heavy atom. The van der Waals surface area contributed by atoms with Crippen LogP contribution >= 0.6 is 0 Å². The molecule has 0 radical (unpaired) electrons. The van der Waals surface area contributed by atoms with Crippen molar-refractivity contribution in [2.75, 3.05) is 6.61 Å². The lowest BCUT2D eigenvalue weighted by molar-refractivity contribution is 0.134. The molecular weight excluding hydrogens is 232 g/mol. The predicted molar refractivity (Wildman–Crippen MR) is 81.1 cm³/mol. The smallest absolute Gasteiger partial charge is 0.0716 e. The highest BCUT2D eigenvalue weighted by Crippen LogP contribution is 2.20. The van der Waals surface area contributed by atoms with E-state index in [1.807, 2.05) is 13.0 Å². The van der Waals surface area contributed by atoms with E-state index >= 15 is 0 Å². The Hall–Kier alpha value is -1.86. The summed E-state index contributed by atoms with van der Waals surface area (Å²) in [4.78, 5) is 0. The van der Waals surface area contributed by atoms with Crippen molar-refractivity contribution in [3.63, 3.8) is 0 Å². The van der Waals surface area contributed by atoms with E-state index in [0.717, 1.165) is 13.0 Å². The molecule has 0 fully saturated rings. The lowest BCUT2D eigenvalue weighted by Gasteiger charge is -2.06. The van der Waals surface area contributed by atoms with E-state index in [9.17, 15) is 0 Å². The van der Waals surface area contributed by atoms with Crippen LogP contribution < -0.4 is 0 Å². The molecule has 0 saturated carbocycles. The third-order valence-electron chi connectivity index (χ3n) is 3.09. The molecule has 98 valence electrons. The first-order valence-electron chi connectivity index (χ1n) is 6.70. The van der Waals surface area contributed by atoms with Gasteiger partial charge in [-0.25, -0.2) is 0 Å². The highest BCUT2D eigenvalue weighted by molar-refractivity contribution is 5.63. The topological polar surface area (TPSA) is 9.23 Å². The molecule has 0 saturated heterocycles. The number of rotatable bonds is 6. The molecule has 2 aromatic carbocycles. The van der Waals surface area contributed by atoms with E-state index in [4.69, 9.17) is 4.74 Å². The van der Waals surface area contributed by atoms with Gasteiger partial charge in [-0.3, -0.25) is 0 Å². The second-order valence-electron chi connectivity index (χ2n) is 4.52. The van der Waals surface area contributed by atoms with Gasteiger partial charge in [0.2, 0.25) is 0 Å². The normalized spacial score (nSPS) is 10.4. The average molecular weight is 252 g/mol. The molecule has 1 nitrogen and oxygen atoms in total. The highest BCUT2D eigenvalue weighted by atomic mass is 16.5. The SMILES string of the molecule is C=CCc1ccc(-c2ccc(COCC)cc2)cc1. The van der Waals surface area contributed by atoms with Crippen molar-refractivity contribution in [2.45, 2.75) is 20.0 Å². The van der Waals surface area contributed by atoms with E-state index in [-0.39, 0.29) is 0 Å². The molecule has 19 heavy (non-hydrogen) atoms. The minimum atomic E-state index is 0.690. The zero-order chi connectivity index (χ0) is 13.5. The van der Waals surface area contributed by atoms with Crippen LogP contribution in [0, 0.1) is 0 Å². The molecule has 0 aliphatic carbocycles. The maximum Gasteiger partial charge on any atom is 0.0716 e. The van der Waals surface area contributed by atoms with Crippen molar-refractivity contribution in [3.8, 4) is 11.1 Å². The zero-order valence-electron chi connectivity index (χ0n) is 11.4. The average Bonchev–Trinajstić information content (AvgIpc) is 2.47. The Kier molecular flexibility index (Phi) is 4.93. The second kappa shape index (κ2) is 6.91. The summed E-state index contributed by atoms with van der Waals surface area (Å²) in [6, 6.07) is 17.2. The fourth-order valence-corrected chi connectivity index (χ4v) is 2.01. The first-order chi connectivity index (χ1) is 9.33. The van der Waals surface area contributed by atoms with E-state index in [0.29, 0.717) is 6.61 Å². The summed E-state index contributed by atoms with van der Waals surface area (Å²) in [6.45, 7) is 7.22. The van der Waals surface area contributed by atoms with Crippen LogP contribution in [-0.2, 0) is 17.8 Å². The summed E-state index contributed by atoms with van der Waals surface area (Å²) in [5.74, 6) is 0. The number of ether oxygens (including phenoxy) is 1. The Morgan fingerprint density at radius 3 is 1.89 bits per heavy atom. The van der Waals surface area contributed by atoms with Gasteiger partial charge >= 0.3 is 0 Å². The summed E-state index contributed by atoms with van der Waals surface area (Å²) in [7, 11) is 0. The monoisotopic (exact) mass is 252 g/mol. The fraction of sp³-hybridized carbons (Fsp3) is 0.222. The lowest BCUT2D eigenvalue weighted by Crippen LogP contribution is -1.91. The second-order valence-corrected chi connectivity index (χ2v) is 4.52. The minimum absolute atomic E-state index is 0.690. The van der Waals surface area contributed by atoms with E-state index in [2.05, 4.69) is 55.1 Å². The summed E-state index contributed by atoms with van der Waals surface area (Å²) in [5, 5.41) is 0. The van der Waals surface area contributed by atoms with Crippen molar-refractivity contribution >= 4 is 0 Å². The van der Waals surface area contributed by atoms with Gasteiger partial charge in [0.25, 0.3) is 0 Å². The van der Waals surface area contributed by atoms with E-state index in [1.54, 1.807) is 0 Å². The molecule has 1 heteroatoms. The Balaban J connectivity index is 2.10. The fourth-order valence-electron chi connectivity index (χ4n) is 2.01. The van der Waals surface area contributed by atoms with Crippen molar-refractivity contribution in [1.29, 1.82) is 0 Å². The third kappa shape index (κ3) is 3.80. The molecule has 0 unspecified atom stereocenters. The summed E-state index contributed by atoms with van der Waals surface area (Å²) in [5.41, 5.74) is 5.00. The summed E-state index contributed by atoms with van der Waals surface area (Å²) in [6.07, 6.45) is 2.85. The van der Waals surface area contributed by atoms with Gasteiger partial charge in [0, 0.05) is 6.61 Å². The standard InChI is InChI=1S/C18H20O/c1-3-5-15-6-10-17(11-7-15)18-12-8-16(9-13-18)14-19-4-2/h3,6-13H,1,4-5,14H2,2H3. The van der Waals surface area contributed by atoms with E-state index < -0.39 is 0 Å². The molecular formula is C18H20O. The van der Waals surface area contributed by atoms with Crippen LogP contribution in [-0.4, -0.2) is 6.61 Å². The van der Waals surface area contributed by atoms with E-state index in [1.165, 1.54) is 22.3 Å². The maximum absolute atomic E-state index is 5.40. The molecule has 0 amide bonds. The Morgan fingerprint density at radius 1 is 0.895 bits per heavy atom. The van der Waals surface area contributed by atoms with Crippen LogP contribution in [0.4, 0.5) is 0 Å². The largest absolute Gasteiger partial charge is 0.377 e. The van der Waals surface area contributed by atoms with Gasteiger partial charge in [0.05, 0.1) is 6.61 Å². The van der Waals surface area contributed by atoms with Gasteiger partial charge < -0.3 is 4.74 Å². The highest BCUT2D eigenvalue weighted by Gasteiger charge is 1.99. The molecule has 2 rings (SSSR count). The van der Waals surface area contributed by atoms with Gasteiger partial charge in [-0.2, -0.15) is 0 Å². The number of hydrogen-bond donors (Lipinski definition) is 0. The molecule has 0 atom stereocenters. The Labute approximate surface area is 115 Å². The van der Waals surface area contributed by atoms with Crippen LogP contribution in [0.25, 0.3) is 11.1 Å². The predicted octanol–water partition coefficient (Wildman–Crippen LogP) is 4.62. The van der Waals surface area contributed by atoms with Crippen LogP contribution in [0.15, 0.2) is 61.2 Å². The number of benzene rings is 2. The molecule has 0 N–H and O–H groups in total. The molecule has 0 aromatic heterocycles. The quantitative estimate of drug-likeness (QED) is 0.682. The van der Waals surface area contributed by atoms with Crippen LogP contribution in [0.3, 0.4) is 0 Å². The maximum atomic E-state index is 5.40. The molecule has 2 aromatic rings. The van der Waals surface area contributed by atoms with Crippen LogP contribution in [0.5, 0.6) is 0 Å². The molecule has 0 heterocycles. The van der Waals surface area contributed by atoms with Crippen molar-refractivity contribution in [1.82, 2.24) is 0 Å². The van der Waals surface area contributed by atoms with Crippen molar-refractivity contribution < 1.29 is 4.74 Å². The van der Waals surface area contributed by atoms with Crippen LogP contribution in [0.1, 0.15) is 18.1 Å². The molecule has 0 aliphatic heterocycles. The lowest BCUT2D eigenvalue weighted by atomic mass is 10.0. The summed E-state index contributed by atoms with van der Waals surface area (Å²) >= 11 is 0. The molecule has 0 spiro atoms. The third-order valence-corrected chi connectivity index (χ3v) is 3.09. The van der Waals surface area contributed by atoms with Crippen LogP contribution in [0.2, 0.25) is 0 Å². The van der Waals surface area contributed by atoms with Crippen molar-refractivity contribution in [2.24, 2.45) is 0 Å². The minimum Gasteiger partial charge on any atom is -0.377 e. The molecule has 0 bridgehead atoms. The summed E-state index contributed by atoms with van der Waals surface area (Å²) < 4.78 is 5.40. The van der Waals surface area contributed by atoms with Gasteiger partial charge in [-0.05, 0) is 35.6 Å².